The standard InChI is InChI=1S/C13H13F3N2O4/c1-17-10(19)6-18-11(20)7-22-12(21)8-4-2-3-5-9(8)13(14,15)16/h2-5H,6-7H2,1H3,(H,17,19)(H,18,20). The lowest BCUT2D eigenvalue weighted by molar-refractivity contribution is -0.138. The molecule has 0 fully saturated rings. The highest BCUT2D eigenvalue weighted by molar-refractivity contribution is 5.93. The summed E-state index contributed by atoms with van der Waals surface area (Å²) in [6, 6.07) is 4.07. The van der Waals surface area contributed by atoms with Crippen LogP contribution >= 0.6 is 0 Å². The molecule has 2 amide bonds. The number of benzene rings is 1. The number of ether oxygens (including phenoxy) is 1. The van der Waals surface area contributed by atoms with Crippen LogP contribution in [-0.4, -0.2) is 38.0 Å². The molecule has 0 bridgehead atoms. The lowest BCUT2D eigenvalue weighted by Gasteiger charge is -2.12. The molecule has 2 N–H and O–H groups in total. The Kier molecular flexibility index (Phi) is 5.90. The molecule has 1 aromatic carbocycles. The molecule has 0 aliphatic carbocycles. The zero-order valence-corrected chi connectivity index (χ0v) is 11.5. The van der Waals surface area contributed by atoms with Crippen molar-refractivity contribution in [2.24, 2.45) is 0 Å². The van der Waals surface area contributed by atoms with Gasteiger partial charge in [0.15, 0.2) is 6.61 Å². The summed E-state index contributed by atoms with van der Waals surface area (Å²) in [6.07, 6.45) is -4.71. The van der Waals surface area contributed by atoms with E-state index in [1.165, 1.54) is 13.1 Å². The van der Waals surface area contributed by atoms with Gasteiger partial charge in [0.05, 0.1) is 17.7 Å². The molecule has 0 saturated heterocycles. The number of rotatable bonds is 5. The summed E-state index contributed by atoms with van der Waals surface area (Å²) in [5.41, 5.74) is -1.83. The van der Waals surface area contributed by atoms with E-state index in [1.807, 2.05) is 0 Å². The fourth-order valence-electron chi connectivity index (χ4n) is 1.44. The Morgan fingerprint density at radius 1 is 1.14 bits per heavy atom. The predicted molar refractivity (Wildman–Crippen MR) is 68.8 cm³/mol. The minimum absolute atomic E-state index is 0.327. The molecular formula is C13H13F3N2O4. The van der Waals surface area contributed by atoms with Crippen LogP contribution in [0.3, 0.4) is 0 Å². The van der Waals surface area contributed by atoms with Gasteiger partial charge in [-0.3, -0.25) is 9.59 Å². The molecule has 0 unspecified atom stereocenters. The van der Waals surface area contributed by atoms with Crippen LogP contribution in [0.1, 0.15) is 15.9 Å². The van der Waals surface area contributed by atoms with Crippen molar-refractivity contribution in [1.82, 2.24) is 10.6 Å². The number of carbonyl (C=O) groups excluding carboxylic acids is 3. The van der Waals surface area contributed by atoms with Crippen LogP contribution in [-0.2, 0) is 20.5 Å². The summed E-state index contributed by atoms with van der Waals surface area (Å²) in [4.78, 5) is 33.8. The van der Waals surface area contributed by atoms with Gasteiger partial charge >= 0.3 is 12.1 Å². The van der Waals surface area contributed by atoms with Gasteiger partial charge < -0.3 is 15.4 Å². The van der Waals surface area contributed by atoms with Crippen LogP contribution in [0.2, 0.25) is 0 Å². The van der Waals surface area contributed by atoms with Crippen molar-refractivity contribution in [3.63, 3.8) is 0 Å². The van der Waals surface area contributed by atoms with E-state index in [4.69, 9.17) is 0 Å². The zero-order chi connectivity index (χ0) is 16.8. The number of esters is 1. The van der Waals surface area contributed by atoms with E-state index in [0.717, 1.165) is 18.2 Å². The van der Waals surface area contributed by atoms with Gasteiger partial charge in [-0.1, -0.05) is 12.1 Å². The highest BCUT2D eigenvalue weighted by Crippen LogP contribution is 2.32. The number of nitrogens with one attached hydrogen (secondary N) is 2. The molecule has 120 valence electrons. The van der Waals surface area contributed by atoms with E-state index < -0.39 is 41.7 Å². The Hall–Kier alpha value is -2.58. The minimum atomic E-state index is -4.71. The van der Waals surface area contributed by atoms with Gasteiger partial charge in [-0.05, 0) is 12.1 Å². The molecule has 0 aliphatic heterocycles. The third kappa shape index (κ3) is 5.08. The number of carbonyl (C=O) groups is 3. The summed E-state index contributed by atoms with van der Waals surface area (Å²) < 4.78 is 42.7. The molecule has 0 aliphatic rings. The van der Waals surface area contributed by atoms with Gasteiger partial charge in [0.1, 0.15) is 0 Å². The van der Waals surface area contributed by atoms with E-state index in [-0.39, 0.29) is 6.54 Å². The molecule has 6 nitrogen and oxygen atoms in total. The normalized spacial score (nSPS) is 10.7. The zero-order valence-electron chi connectivity index (χ0n) is 11.5. The van der Waals surface area contributed by atoms with E-state index in [0.29, 0.717) is 0 Å². The maximum Gasteiger partial charge on any atom is 0.417 e. The number of hydrogen-bond donors (Lipinski definition) is 2. The second kappa shape index (κ2) is 7.43. The van der Waals surface area contributed by atoms with Crippen LogP contribution in [0, 0.1) is 0 Å². The highest BCUT2D eigenvalue weighted by Gasteiger charge is 2.35. The molecule has 9 heteroatoms. The molecule has 22 heavy (non-hydrogen) atoms. The molecule has 0 saturated carbocycles. The maximum absolute atomic E-state index is 12.7. The van der Waals surface area contributed by atoms with Crippen molar-refractivity contribution in [2.75, 3.05) is 20.2 Å². The van der Waals surface area contributed by atoms with Gasteiger partial charge in [-0.25, -0.2) is 4.79 Å². The molecule has 0 radical (unpaired) electrons. The third-order valence-corrected chi connectivity index (χ3v) is 2.51. The fraction of sp³-hybridized carbons (Fsp3) is 0.308. The van der Waals surface area contributed by atoms with Gasteiger partial charge in [0, 0.05) is 7.05 Å². The summed E-state index contributed by atoms with van der Waals surface area (Å²) >= 11 is 0. The molecule has 0 atom stereocenters. The van der Waals surface area contributed by atoms with Crippen molar-refractivity contribution >= 4 is 17.8 Å². The first kappa shape index (κ1) is 17.5. The van der Waals surface area contributed by atoms with Crippen LogP contribution < -0.4 is 10.6 Å². The summed E-state index contributed by atoms with van der Waals surface area (Å²) in [5, 5.41) is 4.38. The van der Waals surface area contributed by atoms with Crippen LogP contribution in [0.15, 0.2) is 24.3 Å². The van der Waals surface area contributed by atoms with Crippen molar-refractivity contribution in [3.8, 4) is 0 Å². The van der Waals surface area contributed by atoms with Crippen molar-refractivity contribution < 1.29 is 32.3 Å². The quantitative estimate of drug-likeness (QED) is 0.784. The van der Waals surface area contributed by atoms with Crippen molar-refractivity contribution in [2.45, 2.75) is 6.18 Å². The van der Waals surface area contributed by atoms with E-state index in [2.05, 4.69) is 15.4 Å². The van der Waals surface area contributed by atoms with Crippen LogP contribution in [0.25, 0.3) is 0 Å². The number of halogens is 3. The Morgan fingerprint density at radius 2 is 1.77 bits per heavy atom. The SMILES string of the molecule is CNC(=O)CNC(=O)COC(=O)c1ccccc1C(F)(F)F. The first-order valence-corrected chi connectivity index (χ1v) is 6.06. The van der Waals surface area contributed by atoms with Gasteiger partial charge in [-0.15, -0.1) is 0 Å². The second-order valence-electron chi connectivity index (χ2n) is 4.07. The lowest BCUT2D eigenvalue weighted by atomic mass is 10.1. The monoisotopic (exact) mass is 318 g/mol. The number of alkyl halides is 3. The maximum atomic E-state index is 12.7. The third-order valence-electron chi connectivity index (χ3n) is 2.51. The van der Waals surface area contributed by atoms with Crippen LogP contribution in [0.4, 0.5) is 13.2 Å². The molecule has 1 aromatic rings. The number of likely N-dealkylation sites (N-methyl/N-ethyl adjacent to an activating group) is 1. The van der Waals surface area contributed by atoms with E-state index in [9.17, 15) is 27.6 Å². The first-order valence-electron chi connectivity index (χ1n) is 6.06. The number of amides is 2. The van der Waals surface area contributed by atoms with Gasteiger partial charge in [0.2, 0.25) is 5.91 Å². The smallest absolute Gasteiger partial charge is 0.417 e. The van der Waals surface area contributed by atoms with E-state index >= 15 is 0 Å². The predicted octanol–water partition coefficient (Wildman–Crippen LogP) is 0.724. The fourth-order valence-corrected chi connectivity index (χ4v) is 1.44. The molecule has 0 heterocycles. The first-order chi connectivity index (χ1) is 10.3. The average Bonchev–Trinajstić information content (AvgIpc) is 2.49. The van der Waals surface area contributed by atoms with Gasteiger partial charge in [0.25, 0.3) is 5.91 Å². The molecule has 0 spiro atoms. The van der Waals surface area contributed by atoms with Crippen LogP contribution in [0.5, 0.6) is 0 Å². The molecule has 0 aromatic heterocycles. The Labute approximate surface area is 123 Å². The molecule has 1 rings (SSSR count). The Bertz CT molecular complexity index is 573. The van der Waals surface area contributed by atoms with Gasteiger partial charge in [-0.2, -0.15) is 13.2 Å². The van der Waals surface area contributed by atoms with Crippen molar-refractivity contribution in [3.05, 3.63) is 35.4 Å². The molecular weight excluding hydrogens is 305 g/mol. The largest absolute Gasteiger partial charge is 0.452 e. The topological polar surface area (TPSA) is 84.5 Å². The lowest BCUT2D eigenvalue weighted by Crippen LogP contribution is -2.37. The van der Waals surface area contributed by atoms with E-state index in [1.54, 1.807) is 0 Å². The summed E-state index contributed by atoms with van der Waals surface area (Å²) in [7, 11) is 1.36. The van der Waals surface area contributed by atoms with Crippen molar-refractivity contribution in [1.29, 1.82) is 0 Å². The second-order valence-corrected chi connectivity index (χ2v) is 4.07. The summed E-state index contributed by atoms with van der Waals surface area (Å²) in [6.45, 7) is -1.12. The highest BCUT2D eigenvalue weighted by atomic mass is 19.4. The summed E-state index contributed by atoms with van der Waals surface area (Å²) in [5.74, 6) is -2.55. The Balaban J connectivity index is 2.64. The minimum Gasteiger partial charge on any atom is -0.452 e. The Morgan fingerprint density at radius 3 is 2.36 bits per heavy atom. The average molecular weight is 318 g/mol. The number of hydrogen-bond acceptors (Lipinski definition) is 4.